The number of methoxy groups -OCH3 is 1. The van der Waals surface area contributed by atoms with E-state index >= 15 is 0 Å². The van der Waals surface area contributed by atoms with Crippen LogP contribution >= 0.6 is 0 Å². The van der Waals surface area contributed by atoms with E-state index in [4.69, 9.17) is 4.74 Å². The first-order chi connectivity index (χ1) is 9.04. The third-order valence-corrected chi connectivity index (χ3v) is 4.10. The monoisotopic (exact) mass is 268 g/mol. The lowest BCUT2D eigenvalue weighted by Crippen LogP contribution is -2.51. The minimum Gasteiger partial charge on any atom is -0.385 e. The van der Waals surface area contributed by atoms with E-state index in [-0.39, 0.29) is 29.9 Å². The Kier molecular flexibility index (Phi) is 4.45. The molecule has 0 aromatic rings. The molecule has 108 valence electrons. The molecule has 5 heteroatoms. The predicted octanol–water partition coefficient (Wildman–Crippen LogP) is 0.927. The summed E-state index contributed by atoms with van der Waals surface area (Å²) in [5, 5.41) is 2.90. The number of carbonyl (C=O) groups excluding carboxylic acids is 2. The summed E-state index contributed by atoms with van der Waals surface area (Å²) >= 11 is 0. The fourth-order valence-corrected chi connectivity index (χ4v) is 2.87. The minimum atomic E-state index is -0.303. The normalized spacial score (nSPS) is 29.9. The van der Waals surface area contributed by atoms with Crippen molar-refractivity contribution in [1.29, 1.82) is 0 Å². The van der Waals surface area contributed by atoms with E-state index in [1.54, 1.807) is 7.11 Å². The number of hydrogen-bond acceptors (Lipinski definition) is 3. The Morgan fingerprint density at radius 3 is 2.68 bits per heavy atom. The second kappa shape index (κ2) is 5.90. The lowest BCUT2D eigenvalue weighted by molar-refractivity contribution is -0.137. The van der Waals surface area contributed by atoms with Crippen LogP contribution in [0.25, 0.3) is 0 Å². The van der Waals surface area contributed by atoms with Crippen LogP contribution in [0.15, 0.2) is 0 Å². The van der Waals surface area contributed by atoms with Gasteiger partial charge in [0.25, 0.3) is 0 Å². The van der Waals surface area contributed by atoms with E-state index in [0.717, 1.165) is 19.3 Å². The van der Waals surface area contributed by atoms with E-state index in [0.29, 0.717) is 18.9 Å². The van der Waals surface area contributed by atoms with Gasteiger partial charge in [-0.05, 0) is 39.0 Å². The van der Waals surface area contributed by atoms with Crippen molar-refractivity contribution in [3.8, 4) is 0 Å². The van der Waals surface area contributed by atoms with Crippen molar-refractivity contribution in [3.05, 3.63) is 0 Å². The van der Waals surface area contributed by atoms with Crippen LogP contribution in [0, 0.1) is 5.92 Å². The largest absolute Gasteiger partial charge is 0.385 e. The van der Waals surface area contributed by atoms with Crippen molar-refractivity contribution in [2.24, 2.45) is 5.92 Å². The van der Waals surface area contributed by atoms with Crippen molar-refractivity contribution in [1.82, 2.24) is 10.2 Å². The number of carbonyl (C=O) groups is 2. The number of nitrogens with one attached hydrogen (secondary N) is 1. The summed E-state index contributed by atoms with van der Waals surface area (Å²) in [7, 11) is 1.67. The Labute approximate surface area is 114 Å². The van der Waals surface area contributed by atoms with Gasteiger partial charge in [-0.25, -0.2) is 0 Å². The lowest BCUT2D eigenvalue weighted by atomic mass is 10.1. The highest BCUT2D eigenvalue weighted by atomic mass is 16.5. The Balaban J connectivity index is 2.12. The maximum Gasteiger partial charge on any atom is 0.245 e. The van der Waals surface area contributed by atoms with Gasteiger partial charge in [0, 0.05) is 32.2 Å². The van der Waals surface area contributed by atoms with Gasteiger partial charge in [0.1, 0.15) is 6.04 Å². The van der Waals surface area contributed by atoms with Crippen molar-refractivity contribution in [2.75, 3.05) is 13.7 Å². The molecule has 3 unspecified atom stereocenters. The summed E-state index contributed by atoms with van der Waals surface area (Å²) in [6.45, 7) is 4.62. The maximum absolute atomic E-state index is 12.7. The van der Waals surface area contributed by atoms with Gasteiger partial charge in [-0.1, -0.05) is 0 Å². The molecule has 2 aliphatic rings. The van der Waals surface area contributed by atoms with E-state index in [9.17, 15) is 9.59 Å². The molecule has 0 spiro atoms. The van der Waals surface area contributed by atoms with Crippen LogP contribution in [0.2, 0.25) is 0 Å². The highest BCUT2D eigenvalue weighted by molar-refractivity contribution is 5.91. The zero-order valence-corrected chi connectivity index (χ0v) is 12.0. The second-order valence-electron chi connectivity index (χ2n) is 5.81. The van der Waals surface area contributed by atoms with Gasteiger partial charge in [-0.3, -0.25) is 9.59 Å². The highest BCUT2D eigenvalue weighted by Gasteiger charge is 2.43. The Bertz CT molecular complexity index is 355. The van der Waals surface area contributed by atoms with E-state index in [1.165, 1.54) is 0 Å². The van der Waals surface area contributed by atoms with E-state index in [2.05, 4.69) is 5.32 Å². The minimum absolute atomic E-state index is 0.000749. The molecular formula is C14H24N2O3. The molecule has 1 saturated heterocycles. The Morgan fingerprint density at radius 2 is 2.11 bits per heavy atom. The third kappa shape index (κ3) is 3.26. The van der Waals surface area contributed by atoms with Crippen LogP contribution in [-0.4, -0.2) is 48.6 Å². The molecule has 2 fully saturated rings. The molecule has 5 nitrogen and oxygen atoms in total. The molecule has 3 atom stereocenters. The van der Waals surface area contributed by atoms with E-state index < -0.39 is 0 Å². The predicted molar refractivity (Wildman–Crippen MR) is 71.5 cm³/mol. The molecule has 0 aromatic heterocycles. The van der Waals surface area contributed by atoms with Crippen LogP contribution in [0.4, 0.5) is 0 Å². The standard InChI is InChI=1S/C14H24N2O3/c1-9(6-7-19-3)16-10(2)8-12(17)15-13(14(16)18)11-4-5-11/h9-11,13H,4-8H2,1-3H3,(H,15,17). The molecule has 1 aliphatic carbocycles. The smallest absolute Gasteiger partial charge is 0.245 e. The molecule has 1 N–H and O–H groups in total. The summed E-state index contributed by atoms with van der Waals surface area (Å²) in [4.78, 5) is 26.4. The van der Waals surface area contributed by atoms with Gasteiger partial charge in [-0.2, -0.15) is 0 Å². The van der Waals surface area contributed by atoms with Crippen LogP contribution < -0.4 is 5.32 Å². The van der Waals surface area contributed by atoms with Crippen LogP contribution in [-0.2, 0) is 14.3 Å². The van der Waals surface area contributed by atoms with Gasteiger partial charge in [0.15, 0.2) is 0 Å². The molecule has 2 rings (SSSR count). The Morgan fingerprint density at radius 1 is 1.42 bits per heavy atom. The quantitative estimate of drug-likeness (QED) is 0.807. The fourth-order valence-electron chi connectivity index (χ4n) is 2.87. The first kappa shape index (κ1) is 14.3. The zero-order valence-electron chi connectivity index (χ0n) is 12.0. The first-order valence-electron chi connectivity index (χ1n) is 7.15. The van der Waals surface area contributed by atoms with E-state index in [1.807, 2.05) is 18.7 Å². The van der Waals surface area contributed by atoms with Crippen molar-refractivity contribution < 1.29 is 14.3 Å². The van der Waals surface area contributed by atoms with Crippen molar-refractivity contribution in [3.63, 3.8) is 0 Å². The summed E-state index contributed by atoms with van der Waals surface area (Å²) in [6, 6.07) is -0.234. The highest BCUT2D eigenvalue weighted by Crippen LogP contribution is 2.35. The van der Waals surface area contributed by atoms with Gasteiger partial charge in [-0.15, -0.1) is 0 Å². The molecule has 19 heavy (non-hydrogen) atoms. The molecule has 1 heterocycles. The molecule has 0 radical (unpaired) electrons. The van der Waals surface area contributed by atoms with Gasteiger partial charge in [0.2, 0.25) is 11.8 Å². The number of nitrogens with zero attached hydrogens (tertiary/aromatic N) is 1. The average molecular weight is 268 g/mol. The topological polar surface area (TPSA) is 58.6 Å². The SMILES string of the molecule is COCCC(C)N1C(=O)C(C2CC2)NC(=O)CC1C. The second-order valence-corrected chi connectivity index (χ2v) is 5.81. The lowest BCUT2D eigenvalue weighted by Gasteiger charge is -2.34. The summed E-state index contributed by atoms with van der Waals surface area (Å²) in [5.74, 6) is 0.433. The number of ether oxygens (including phenoxy) is 1. The Hall–Kier alpha value is -1.10. The third-order valence-electron chi connectivity index (χ3n) is 4.10. The van der Waals surface area contributed by atoms with Crippen LogP contribution in [0.5, 0.6) is 0 Å². The molecule has 1 saturated carbocycles. The summed E-state index contributed by atoms with van der Waals surface area (Å²) < 4.78 is 5.09. The van der Waals surface area contributed by atoms with Gasteiger partial charge >= 0.3 is 0 Å². The molecule has 2 amide bonds. The number of amides is 2. The fraction of sp³-hybridized carbons (Fsp3) is 0.857. The number of rotatable bonds is 5. The maximum atomic E-state index is 12.7. The molecule has 0 bridgehead atoms. The van der Waals surface area contributed by atoms with Crippen LogP contribution in [0.3, 0.4) is 0 Å². The van der Waals surface area contributed by atoms with Crippen LogP contribution in [0.1, 0.15) is 39.5 Å². The van der Waals surface area contributed by atoms with Crippen molar-refractivity contribution >= 4 is 11.8 Å². The van der Waals surface area contributed by atoms with Gasteiger partial charge < -0.3 is 15.0 Å². The molecule has 1 aliphatic heterocycles. The molecule has 0 aromatic carbocycles. The first-order valence-corrected chi connectivity index (χ1v) is 7.15. The zero-order chi connectivity index (χ0) is 14.0. The molecular weight excluding hydrogens is 244 g/mol. The van der Waals surface area contributed by atoms with Crippen molar-refractivity contribution in [2.45, 2.75) is 57.7 Å². The summed E-state index contributed by atoms with van der Waals surface area (Å²) in [5.41, 5.74) is 0. The average Bonchev–Trinajstić information content (AvgIpc) is 3.16. The number of hydrogen-bond donors (Lipinski definition) is 1. The van der Waals surface area contributed by atoms with Gasteiger partial charge in [0.05, 0.1) is 0 Å². The summed E-state index contributed by atoms with van der Waals surface area (Å²) in [6.07, 6.45) is 3.29.